The fourth-order valence-electron chi connectivity index (χ4n) is 2.56. The molecule has 20 heavy (non-hydrogen) atoms. The van der Waals surface area contributed by atoms with Crippen molar-refractivity contribution in [2.45, 2.75) is 24.8 Å². The first kappa shape index (κ1) is 13.7. The van der Waals surface area contributed by atoms with Crippen LogP contribution in [0.15, 0.2) is 30.3 Å². The molecule has 4 heteroatoms. The Hall–Kier alpha value is -1.32. The molecule has 0 aliphatic heterocycles. The Morgan fingerprint density at radius 3 is 2.85 bits per heavy atom. The molecule has 1 saturated carbocycles. The minimum absolute atomic E-state index is 0.445. The molecule has 0 N–H and O–H groups in total. The van der Waals surface area contributed by atoms with Crippen molar-refractivity contribution in [3.8, 4) is 0 Å². The smallest absolute Gasteiger partial charge is 0.137 e. The Labute approximate surface area is 124 Å². The highest BCUT2D eigenvalue weighted by molar-refractivity contribution is 6.17. The van der Waals surface area contributed by atoms with Crippen molar-refractivity contribution in [1.29, 1.82) is 0 Å². The number of hydrogen-bond acceptors (Lipinski definition) is 3. The van der Waals surface area contributed by atoms with Crippen LogP contribution in [0.4, 0.5) is 5.82 Å². The van der Waals surface area contributed by atoms with Gasteiger partial charge in [-0.2, -0.15) is 0 Å². The van der Waals surface area contributed by atoms with Crippen LogP contribution in [0.5, 0.6) is 0 Å². The van der Waals surface area contributed by atoms with Crippen molar-refractivity contribution in [3.05, 3.63) is 36.0 Å². The van der Waals surface area contributed by atoms with Gasteiger partial charge in [0.2, 0.25) is 0 Å². The van der Waals surface area contributed by atoms with Gasteiger partial charge in [0.05, 0.1) is 18.2 Å². The molecule has 1 aliphatic rings. The summed E-state index contributed by atoms with van der Waals surface area (Å²) in [6.07, 6.45) is 2.48. The molecule has 106 valence electrons. The van der Waals surface area contributed by atoms with Gasteiger partial charge in [0.15, 0.2) is 0 Å². The third kappa shape index (κ3) is 2.74. The van der Waals surface area contributed by atoms with Crippen LogP contribution >= 0.6 is 11.6 Å². The van der Waals surface area contributed by atoms with E-state index in [2.05, 4.69) is 35.2 Å². The Morgan fingerprint density at radius 2 is 2.15 bits per heavy atom. The molecule has 0 amide bonds. The Bertz CT molecular complexity index is 598. The molecule has 3 nitrogen and oxygen atoms in total. The van der Waals surface area contributed by atoms with E-state index in [1.165, 1.54) is 23.6 Å². The molecule has 2 aromatic rings. The van der Waals surface area contributed by atoms with Crippen molar-refractivity contribution in [3.63, 3.8) is 0 Å². The first-order chi connectivity index (χ1) is 9.83. The lowest BCUT2D eigenvalue weighted by Gasteiger charge is -2.25. The van der Waals surface area contributed by atoms with Crippen LogP contribution < -0.4 is 4.90 Å². The van der Waals surface area contributed by atoms with Gasteiger partial charge in [-0.3, -0.25) is 0 Å². The second-order valence-electron chi connectivity index (χ2n) is 5.21. The highest BCUT2D eigenvalue weighted by Gasteiger charge is 2.30. The molecule has 0 atom stereocenters. The summed E-state index contributed by atoms with van der Waals surface area (Å²) in [5.41, 5.74) is 0.934. The monoisotopic (exact) mass is 290 g/mol. The van der Waals surface area contributed by atoms with Gasteiger partial charge in [0, 0.05) is 25.1 Å². The zero-order chi connectivity index (χ0) is 13.9. The van der Waals surface area contributed by atoms with Gasteiger partial charge in [-0.1, -0.05) is 24.3 Å². The number of fused-ring (bicyclic) bond motifs is 1. The number of aromatic nitrogens is 1. The predicted molar refractivity (Wildman–Crippen MR) is 83.5 cm³/mol. The van der Waals surface area contributed by atoms with Crippen LogP contribution in [-0.4, -0.2) is 31.3 Å². The van der Waals surface area contributed by atoms with E-state index in [1.807, 2.05) is 0 Å². The van der Waals surface area contributed by atoms with E-state index in [0.717, 1.165) is 24.7 Å². The topological polar surface area (TPSA) is 25.4 Å². The van der Waals surface area contributed by atoms with Crippen molar-refractivity contribution in [2.24, 2.45) is 0 Å². The van der Waals surface area contributed by atoms with E-state index in [9.17, 15) is 0 Å². The summed E-state index contributed by atoms with van der Waals surface area (Å²) in [4.78, 5) is 7.15. The van der Waals surface area contributed by atoms with Crippen molar-refractivity contribution in [2.75, 3.05) is 25.2 Å². The number of benzene rings is 1. The van der Waals surface area contributed by atoms with Gasteiger partial charge in [-0.25, -0.2) is 4.98 Å². The minimum atomic E-state index is 0.445. The van der Waals surface area contributed by atoms with Gasteiger partial charge in [0.1, 0.15) is 5.82 Å². The molecule has 1 aliphatic carbocycles. The van der Waals surface area contributed by atoms with Gasteiger partial charge in [0.25, 0.3) is 0 Å². The fourth-order valence-corrected chi connectivity index (χ4v) is 2.70. The molecule has 1 fully saturated rings. The number of rotatable bonds is 6. The SMILES string of the molecule is COCCN(c1nc(CCl)cc2ccccc12)C1CC1. The third-order valence-electron chi connectivity index (χ3n) is 3.71. The average Bonchev–Trinajstić information content (AvgIpc) is 3.32. The zero-order valence-corrected chi connectivity index (χ0v) is 12.4. The largest absolute Gasteiger partial charge is 0.383 e. The second kappa shape index (κ2) is 5.98. The van der Waals surface area contributed by atoms with Crippen LogP contribution in [0.25, 0.3) is 10.8 Å². The lowest BCUT2D eigenvalue weighted by molar-refractivity contribution is 0.205. The number of nitrogens with zero attached hydrogens (tertiary/aromatic N) is 2. The molecule has 0 bridgehead atoms. The molecule has 1 aromatic carbocycles. The standard InChI is InChI=1S/C16H19ClN2O/c1-20-9-8-19(14-6-7-14)16-15-5-3-2-4-12(15)10-13(11-17)18-16/h2-5,10,14H,6-9,11H2,1H3. The zero-order valence-electron chi connectivity index (χ0n) is 11.7. The van der Waals surface area contributed by atoms with E-state index in [-0.39, 0.29) is 0 Å². The molecule has 1 heterocycles. The summed E-state index contributed by atoms with van der Waals surface area (Å²) in [5, 5.41) is 2.40. The summed E-state index contributed by atoms with van der Waals surface area (Å²) >= 11 is 6.00. The van der Waals surface area contributed by atoms with Crippen LogP contribution in [0.3, 0.4) is 0 Å². The molecule has 3 rings (SSSR count). The summed E-state index contributed by atoms with van der Waals surface area (Å²) in [7, 11) is 1.74. The number of methoxy groups -OCH3 is 1. The Kier molecular flexibility index (Phi) is 4.08. The van der Waals surface area contributed by atoms with Gasteiger partial charge >= 0.3 is 0 Å². The number of pyridine rings is 1. The van der Waals surface area contributed by atoms with E-state index in [4.69, 9.17) is 21.3 Å². The maximum Gasteiger partial charge on any atom is 0.137 e. The van der Waals surface area contributed by atoms with Crippen LogP contribution in [0.1, 0.15) is 18.5 Å². The summed E-state index contributed by atoms with van der Waals surface area (Å²) in [5.74, 6) is 1.50. The lowest BCUT2D eigenvalue weighted by atomic mass is 10.1. The van der Waals surface area contributed by atoms with Crippen LogP contribution in [-0.2, 0) is 10.6 Å². The van der Waals surface area contributed by atoms with Crippen molar-refractivity contribution in [1.82, 2.24) is 4.98 Å². The molecule has 0 unspecified atom stereocenters. The highest BCUT2D eigenvalue weighted by atomic mass is 35.5. The van der Waals surface area contributed by atoms with Crippen LogP contribution in [0.2, 0.25) is 0 Å². The first-order valence-corrected chi connectivity index (χ1v) is 7.57. The summed E-state index contributed by atoms with van der Waals surface area (Å²) < 4.78 is 5.24. The van der Waals surface area contributed by atoms with E-state index in [1.54, 1.807) is 7.11 Å². The molecular weight excluding hydrogens is 272 g/mol. The predicted octanol–water partition coefficient (Wildman–Crippen LogP) is 3.59. The molecule has 0 saturated heterocycles. The highest BCUT2D eigenvalue weighted by Crippen LogP contribution is 2.34. The van der Waals surface area contributed by atoms with Crippen LogP contribution in [0, 0.1) is 0 Å². The number of anilines is 1. The summed E-state index contributed by atoms with van der Waals surface area (Å²) in [6, 6.07) is 11.1. The average molecular weight is 291 g/mol. The van der Waals surface area contributed by atoms with Crippen molar-refractivity contribution >= 4 is 28.2 Å². The number of halogens is 1. The molecular formula is C16H19ClN2O. The maximum absolute atomic E-state index is 6.00. The van der Waals surface area contributed by atoms with E-state index >= 15 is 0 Å². The second-order valence-corrected chi connectivity index (χ2v) is 5.48. The van der Waals surface area contributed by atoms with Gasteiger partial charge < -0.3 is 9.64 Å². The van der Waals surface area contributed by atoms with Gasteiger partial charge in [-0.05, 0) is 24.3 Å². The van der Waals surface area contributed by atoms with E-state index < -0.39 is 0 Å². The summed E-state index contributed by atoms with van der Waals surface area (Å²) in [6.45, 7) is 1.60. The Balaban J connectivity index is 2.06. The molecule has 0 radical (unpaired) electrons. The number of alkyl halides is 1. The molecule has 0 spiro atoms. The molecule has 1 aromatic heterocycles. The third-order valence-corrected chi connectivity index (χ3v) is 3.98. The lowest BCUT2D eigenvalue weighted by Crippen LogP contribution is -2.30. The minimum Gasteiger partial charge on any atom is -0.383 e. The first-order valence-electron chi connectivity index (χ1n) is 7.03. The van der Waals surface area contributed by atoms with E-state index in [0.29, 0.717) is 11.9 Å². The maximum atomic E-state index is 6.00. The number of hydrogen-bond donors (Lipinski definition) is 0. The van der Waals surface area contributed by atoms with Crippen molar-refractivity contribution < 1.29 is 4.74 Å². The quantitative estimate of drug-likeness (QED) is 0.760. The fraction of sp³-hybridized carbons (Fsp3) is 0.438. The van der Waals surface area contributed by atoms with Gasteiger partial charge in [-0.15, -0.1) is 11.6 Å². The number of ether oxygens (including phenoxy) is 1. The normalized spacial score (nSPS) is 14.7. The Morgan fingerprint density at radius 1 is 1.35 bits per heavy atom.